The molecular formula is C15H20N2O2. The van der Waals surface area contributed by atoms with Crippen LogP contribution in [0.15, 0.2) is 24.3 Å². The van der Waals surface area contributed by atoms with Gasteiger partial charge in [0.05, 0.1) is 0 Å². The van der Waals surface area contributed by atoms with Crippen molar-refractivity contribution in [1.82, 2.24) is 5.32 Å². The summed E-state index contributed by atoms with van der Waals surface area (Å²) < 4.78 is 0. The number of hydrogen-bond donors (Lipinski definition) is 1. The normalized spacial score (nSPS) is 17.5. The second kappa shape index (κ2) is 5.43. The Bertz CT molecular complexity index is 497. The van der Waals surface area contributed by atoms with E-state index in [-0.39, 0.29) is 17.9 Å². The molecule has 2 rings (SSSR count). The molecule has 19 heavy (non-hydrogen) atoms. The molecule has 1 aromatic rings. The molecule has 102 valence electrons. The number of benzene rings is 1. The maximum atomic E-state index is 12.3. The largest absolute Gasteiger partial charge is 0.352 e. The molecule has 0 unspecified atom stereocenters. The lowest BCUT2D eigenvalue weighted by Gasteiger charge is -2.25. The van der Waals surface area contributed by atoms with Crippen molar-refractivity contribution in [1.29, 1.82) is 0 Å². The molecule has 1 N–H and O–H groups in total. The molecule has 1 aliphatic heterocycles. The van der Waals surface area contributed by atoms with Gasteiger partial charge in [-0.1, -0.05) is 25.1 Å². The minimum Gasteiger partial charge on any atom is -0.352 e. The highest BCUT2D eigenvalue weighted by Crippen LogP contribution is 2.32. The molecule has 4 nitrogen and oxygen atoms in total. The highest BCUT2D eigenvalue weighted by Gasteiger charge is 2.37. The summed E-state index contributed by atoms with van der Waals surface area (Å²) in [6.45, 7) is 5.67. The van der Waals surface area contributed by atoms with E-state index in [2.05, 4.69) is 5.32 Å². The van der Waals surface area contributed by atoms with Crippen molar-refractivity contribution in [3.63, 3.8) is 0 Å². The van der Waals surface area contributed by atoms with Gasteiger partial charge >= 0.3 is 0 Å². The van der Waals surface area contributed by atoms with Gasteiger partial charge in [0, 0.05) is 24.6 Å². The molecule has 1 aliphatic rings. The fourth-order valence-corrected chi connectivity index (χ4v) is 2.46. The average molecular weight is 260 g/mol. The fourth-order valence-electron chi connectivity index (χ4n) is 2.46. The van der Waals surface area contributed by atoms with Crippen LogP contribution in [0.25, 0.3) is 0 Å². The SMILES string of the molecule is CCC(=O)N1c2ccccc2C[C@H]1C(=O)NC(C)C. The second-order valence-corrected chi connectivity index (χ2v) is 5.13. The van der Waals surface area contributed by atoms with Crippen LogP contribution in [0.1, 0.15) is 32.8 Å². The summed E-state index contributed by atoms with van der Waals surface area (Å²) in [5.74, 6) is -0.0816. The fraction of sp³-hybridized carbons (Fsp3) is 0.467. The van der Waals surface area contributed by atoms with Crippen molar-refractivity contribution in [2.24, 2.45) is 0 Å². The first-order valence-corrected chi connectivity index (χ1v) is 6.75. The van der Waals surface area contributed by atoms with Crippen LogP contribution in [-0.4, -0.2) is 23.9 Å². The van der Waals surface area contributed by atoms with E-state index in [1.807, 2.05) is 45.0 Å². The third-order valence-electron chi connectivity index (χ3n) is 3.28. The number of carbonyl (C=O) groups excluding carboxylic acids is 2. The lowest BCUT2D eigenvalue weighted by molar-refractivity contribution is -0.126. The number of hydrogen-bond acceptors (Lipinski definition) is 2. The Labute approximate surface area is 113 Å². The van der Waals surface area contributed by atoms with Crippen LogP contribution >= 0.6 is 0 Å². The third kappa shape index (κ3) is 2.62. The molecule has 0 aliphatic carbocycles. The van der Waals surface area contributed by atoms with Crippen molar-refractivity contribution < 1.29 is 9.59 Å². The van der Waals surface area contributed by atoms with Gasteiger partial charge in [-0.15, -0.1) is 0 Å². The van der Waals surface area contributed by atoms with Crippen LogP contribution in [0.5, 0.6) is 0 Å². The summed E-state index contributed by atoms with van der Waals surface area (Å²) in [4.78, 5) is 26.0. The first-order valence-electron chi connectivity index (χ1n) is 6.75. The molecule has 0 saturated heterocycles. The minimum absolute atomic E-state index is 0.00569. The van der Waals surface area contributed by atoms with Crippen LogP contribution in [0.3, 0.4) is 0 Å². The van der Waals surface area contributed by atoms with E-state index >= 15 is 0 Å². The van der Waals surface area contributed by atoms with Crippen molar-refractivity contribution >= 4 is 17.5 Å². The molecule has 1 atom stereocenters. The van der Waals surface area contributed by atoms with Crippen molar-refractivity contribution in [3.05, 3.63) is 29.8 Å². The van der Waals surface area contributed by atoms with E-state index in [0.29, 0.717) is 12.8 Å². The number of nitrogens with one attached hydrogen (secondary N) is 1. The smallest absolute Gasteiger partial charge is 0.243 e. The highest BCUT2D eigenvalue weighted by molar-refractivity contribution is 6.03. The molecule has 1 aromatic carbocycles. The van der Waals surface area contributed by atoms with Gasteiger partial charge in [0.2, 0.25) is 11.8 Å². The maximum absolute atomic E-state index is 12.3. The number of amides is 2. The van der Waals surface area contributed by atoms with E-state index in [1.165, 1.54) is 0 Å². The molecule has 0 radical (unpaired) electrons. The average Bonchev–Trinajstić information content (AvgIpc) is 2.76. The number of carbonyl (C=O) groups is 2. The predicted octanol–water partition coefficient (Wildman–Crippen LogP) is 1.88. The minimum atomic E-state index is -0.410. The Hall–Kier alpha value is -1.84. The van der Waals surface area contributed by atoms with Gasteiger partial charge in [0.25, 0.3) is 0 Å². The number of rotatable bonds is 3. The topological polar surface area (TPSA) is 49.4 Å². The molecule has 2 amide bonds. The van der Waals surface area contributed by atoms with Crippen LogP contribution in [0.4, 0.5) is 5.69 Å². The van der Waals surface area contributed by atoms with Gasteiger partial charge in [-0.3, -0.25) is 14.5 Å². The molecule has 0 aromatic heterocycles. The number of nitrogens with zero attached hydrogens (tertiary/aromatic N) is 1. The Balaban J connectivity index is 2.31. The van der Waals surface area contributed by atoms with E-state index < -0.39 is 6.04 Å². The summed E-state index contributed by atoms with van der Waals surface area (Å²) in [5.41, 5.74) is 1.94. The first-order chi connectivity index (χ1) is 9.04. The van der Waals surface area contributed by atoms with Gasteiger partial charge in [-0.05, 0) is 25.5 Å². The number of fused-ring (bicyclic) bond motifs is 1. The Morgan fingerprint density at radius 3 is 2.68 bits per heavy atom. The van der Waals surface area contributed by atoms with Gasteiger partial charge in [0.15, 0.2) is 0 Å². The zero-order valence-corrected chi connectivity index (χ0v) is 11.6. The lowest BCUT2D eigenvalue weighted by Crippen LogP contribution is -2.49. The highest BCUT2D eigenvalue weighted by atomic mass is 16.2. The van der Waals surface area contributed by atoms with Gasteiger partial charge in [-0.2, -0.15) is 0 Å². The number of anilines is 1. The van der Waals surface area contributed by atoms with Crippen LogP contribution < -0.4 is 10.2 Å². The maximum Gasteiger partial charge on any atom is 0.243 e. The van der Waals surface area contributed by atoms with E-state index in [0.717, 1.165) is 11.3 Å². The molecule has 0 bridgehead atoms. The molecule has 0 saturated carbocycles. The molecule has 0 fully saturated rings. The summed E-state index contributed by atoms with van der Waals surface area (Å²) >= 11 is 0. The monoisotopic (exact) mass is 260 g/mol. The van der Waals surface area contributed by atoms with Crippen molar-refractivity contribution in [2.45, 2.75) is 45.7 Å². The van der Waals surface area contributed by atoms with E-state index in [4.69, 9.17) is 0 Å². The van der Waals surface area contributed by atoms with E-state index in [9.17, 15) is 9.59 Å². The Morgan fingerprint density at radius 2 is 2.05 bits per heavy atom. The quantitative estimate of drug-likeness (QED) is 0.902. The summed E-state index contributed by atoms with van der Waals surface area (Å²) in [6, 6.07) is 7.40. The zero-order valence-electron chi connectivity index (χ0n) is 11.6. The van der Waals surface area contributed by atoms with Crippen LogP contribution in [0.2, 0.25) is 0 Å². The molecule has 1 heterocycles. The zero-order chi connectivity index (χ0) is 14.0. The summed E-state index contributed by atoms with van der Waals surface area (Å²) in [6.07, 6.45) is 1.00. The van der Waals surface area contributed by atoms with Crippen molar-refractivity contribution in [3.8, 4) is 0 Å². The van der Waals surface area contributed by atoms with Crippen LogP contribution in [-0.2, 0) is 16.0 Å². The second-order valence-electron chi connectivity index (χ2n) is 5.13. The van der Waals surface area contributed by atoms with Crippen LogP contribution in [0, 0.1) is 0 Å². The molecule has 0 spiro atoms. The van der Waals surface area contributed by atoms with Crippen molar-refractivity contribution in [2.75, 3.05) is 4.90 Å². The Morgan fingerprint density at radius 1 is 1.37 bits per heavy atom. The first kappa shape index (κ1) is 13.6. The Kier molecular flexibility index (Phi) is 3.88. The predicted molar refractivity (Wildman–Crippen MR) is 75.0 cm³/mol. The standard InChI is InChI=1S/C15H20N2O2/c1-4-14(18)17-12-8-6-5-7-11(12)9-13(17)15(19)16-10(2)3/h5-8,10,13H,4,9H2,1-3H3,(H,16,19)/t13-/m0/s1. The molecule has 4 heteroatoms. The van der Waals surface area contributed by atoms with Gasteiger partial charge < -0.3 is 5.32 Å². The van der Waals surface area contributed by atoms with Gasteiger partial charge in [0.1, 0.15) is 6.04 Å². The van der Waals surface area contributed by atoms with Gasteiger partial charge in [-0.25, -0.2) is 0 Å². The number of para-hydroxylation sites is 1. The lowest BCUT2D eigenvalue weighted by atomic mass is 10.1. The summed E-state index contributed by atoms with van der Waals surface area (Å²) in [7, 11) is 0. The summed E-state index contributed by atoms with van der Waals surface area (Å²) in [5, 5.41) is 2.90. The third-order valence-corrected chi connectivity index (χ3v) is 3.28. The van der Waals surface area contributed by atoms with E-state index in [1.54, 1.807) is 4.90 Å². The molecular weight excluding hydrogens is 240 g/mol.